The number of aliphatic hydroxyl groups excluding tert-OH is 1. The van der Waals surface area contributed by atoms with E-state index in [4.69, 9.17) is 44.5 Å². The van der Waals surface area contributed by atoms with Gasteiger partial charge in [0.2, 0.25) is 0 Å². The Kier molecular flexibility index (Phi) is 46.0. The molecule has 0 saturated heterocycles. The average molecular weight is 1690 g/mol. The Morgan fingerprint density at radius 1 is 0.375 bits per heavy atom. The molecule has 664 valence electrons. The maximum absolute atomic E-state index is 13.7. The number of allylic oxidation sites excluding steroid dienone is 20. The van der Waals surface area contributed by atoms with E-state index in [2.05, 4.69) is 79.7 Å². The van der Waals surface area contributed by atoms with Crippen LogP contribution in [0.1, 0.15) is 295 Å². The van der Waals surface area contributed by atoms with Crippen molar-refractivity contribution in [3.63, 3.8) is 0 Å². The summed E-state index contributed by atoms with van der Waals surface area (Å²) < 4.78 is 141. The van der Waals surface area contributed by atoms with Crippen LogP contribution in [-0.2, 0) is 30.0 Å². The van der Waals surface area contributed by atoms with E-state index in [0.717, 1.165) is 68.2 Å². The van der Waals surface area contributed by atoms with Crippen LogP contribution < -0.4 is 18.9 Å². The number of carboxylic acids is 4. The van der Waals surface area contributed by atoms with Gasteiger partial charge in [0.1, 0.15) is 23.0 Å². The molecule has 0 unspecified atom stereocenters. The standard InChI is InChI=1S/C26H34F4O3.C24H30F4O3.C24H33FO3.C24H34O4/c1-16(12-21(31)32)10-9-11-17(2)19-13-18(24(3,4)5)14-20(25(6,7)8)22(19)33-15-26(29,30)23(27)28;1-14(2)18-11-19(15(3)4)22(31-13-24(27,28)23(25)26)20(12-18)17(6)9-7-8-16(5)10-21(29)30;2*1-16(2)20-14-21(17(3)4)24(28-12-8-11-25)22(15-20)19(6)10-7-9-18(5)13-23(26)27/h9-14,23H,15H2,1-8H3,(H,31,32);7-12,14-15,23H,13H2,1-6H3,(H,29,30);7,9-10,13-17H,8,11-12H2,1-6H3,(H,26,27);7,9-10,13-17,25H,8,11-12H2,1-6H3,(H,26,27)/b10-9+,16-12+,17-11-;8-7+,16-10+,17-9-;2*9-7+,18-13+,19-10-. The van der Waals surface area contributed by atoms with Crippen LogP contribution in [-0.4, -0.2) is 114 Å². The number of carbonyl (C=O) groups is 4. The molecule has 0 fully saturated rings. The first kappa shape index (κ1) is 108. The second kappa shape index (κ2) is 51.1. The molecule has 0 heterocycles. The highest BCUT2D eigenvalue weighted by atomic mass is 19.3. The van der Waals surface area contributed by atoms with E-state index < -0.39 is 73.9 Å². The molecule has 0 aliphatic rings. The second-order valence-electron chi connectivity index (χ2n) is 33.5. The summed E-state index contributed by atoms with van der Waals surface area (Å²) in [7, 11) is 0. The lowest BCUT2D eigenvalue weighted by Crippen LogP contribution is -2.34. The Morgan fingerprint density at radius 3 is 0.875 bits per heavy atom. The van der Waals surface area contributed by atoms with Crippen molar-refractivity contribution in [1.29, 1.82) is 0 Å². The smallest absolute Gasteiger partial charge is 0.340 e. The van der Waals surface area contributed by atoms with Gasteiger partial charge < -0.3 is 44.5 Å². The fraction of sp³-hybridized carbons (Fsp3) is 0.469. The number of aliphatic carboxylic acids is 4. The van der Waals surface area contributed by atoms with Crippen LogP contribution in [0.3, 0.4) is 0 Å². The molecule has 4 rings (SSSR count). The van der Waals surface area contributed by atoms with Crippen LogP contribution in [0.2, 0.25) is 0 Å². The van der Waals surface area contributed by atoms with Crippen molar-refractivity contribution >= 4 is 46.2 Å². The number of carboxylic acid groups (broad SMARTS) is 4. The zero-order valence-corrected chi connectivity index (χ0v) is 75.0. The largest absolute Gasteiger partial charge is 0.493 e. The Balaban J connectivity index is 0.000000802. The van der Waals surface area contributed by atoms with Crippen molar-refractivity contribution in [2.75, 3.05) is 39.7 Å². The normalized spacial score (nSPS) is 13.6. The van der Waals surface area contributed by atoms with Crippen LogP contribution in [0.5, 0.6) is 23.0 Å². The minimum atomic E-state index is -4.29. The maximum atomic E-state index is 13.7. The van der Waals surface area contributed by atoms with Gasteiger partial charge in [0, 0.05) is 71.6 Å². The van der Waals surface area contributed by atoms with Gasteiger partial charge in [-0.1, -0.05) is 222 Å². The number of aliphatic hydroxyl groups is 1. The molecule has 0 bridgehead atoms. The first-order valence-electron chi connectivity index (χ1n) is 40.2. The highest BCUT2D eigenvalue weighted by Crippen LogP contribution is 2.45. The van der Waals surface area contributed by atoms with Gasteiger partial charge in [-0.15, -0.1) is 0 Å². The van der Waals surface area contributed by atoms with Gasteiger partial charge in [0.15, 0.2) is 13.2 Å². The molecule has 0 saturated carbocycles. The Morgan fingerprint density at radius 2 is 0.642 bits per heavy atom. The van der Waals surface area contributed by atoms with E-state index in [1.807, 2.05) is 132 Å². The fourth-order valence-corrected chi connectivity index (χ4v) is 11.4. The summed E-state index contributed by atoms with van der Waals surface area (Å²) in [5.41, 5.74) is 16.0. The van der Waals surface area contributed by atoms with Gasteiger partial charge >= 0.3 is 48.6 Å². The average Bonchev–Trinajstić information content (AvgIpc) is 0.761. The zero-order chi connectivity index (χ0) is 92.2. The molecule has 5 N–H and O–H groups in total. The molecular formula is C98H131F9O13. The Hall–Kier alpha value is -9.83. The lowest BCUT2D eigenvalue weighted by molar-refractivity contribution is -0.148. The molecule has 0 aromatic heterocycles. The number of hydrogen-bond donors (Lipinski definition) is 5. The number of benzene rings is 4. The monoisotopic (exact) mass is 1690 g/mol. The maximum Gasteiger partial charge on any atom is 0.340 e. The molecule has 0 atom stereocenters. The van der Waals surface area contributed by atoms with Crippen molar-refractivity contribution in [2.24, 2.45) is 0 Å². The van der Waals surface area contributed by atoms with E-state index in [9.17, 15) is 58.7 Å². The van der Waals surface area contributed by atoms with E-state index in [1.165, 1.54) is 23.3 Å². The Bertz CT molecular complexity index is 4310. The van der Waals surface area contributed by atoms with E-state index in [-0.39, 0.29) is 41.3 Å². The molecule has 4 aromatic rings. The lowest BCUT2D eigenvalue weighted by atomic mass is 9.78. The zero-order valence-electron chi connectivity index (χ0n) is 75.0. The summed E-state index contributed by atoms with van der Waals surface area (Å²) in [6.45, 7) is 48.7. The first-order valence-corrected chi connectivity index (χ1v) is 40.2. The minimum absolute atomic E-state index is 0.0864. The van der Waals surface area contributed by atoms with Gasteiger partial charge in [-0.2, -0.15) is 17.6 Å². The third-order valence-electron chi connectivity index (χ3n) is 18.5. The fourth-order valence-electron chi connectivity index (χ4n) is 11.4. The van der Waals surface area contributed by atoms with Gasteiger partial charge in [-0.25, -0.2) is 36.7 Å². The van der Waals surface area contributed by atoms with Crippen LogP contribution in [0, 0.1) is 0 Å². The highest BCUT2D eigenvalue weighted by Gasteiger charge is 2.44. The second-order valence-corrected chi connectivity index (χ2v) is 33.5. The third kappa shape index (κ3) is 38.3. The molecular weight excluding hydrogens is 1560 g/mol. The van der Waals surface area contributed by atoms with Gasteiger partial charge in [0.05, 0.1) is 19.9 Å². The molecule has 0 amide bonds. The van der Waals surface area contributed by atoms with Gasteiger partial charge in [-0.3, -0.25) is 4.39 Å². The van der Waals surface area contributed by atoms with E-state index in [1.54, 1.807) is 90.2 Å². The van der Waals surface area contributed by atoms with E-state index in [0.29, 0.717) is 99.5 Å². The SMILES string of the molecule is C/C(=C/C=C/C(C)=C/C(=O)O)c1cc(C(C)(C)C)cc(C(C)(C)C)c1OCC(F)(F)C(F)F.C/C(=C/C=C/C(C)=C/C(=O)O)c1cc(C(C)C)cc(C(C)C)c1OCC(F)(F)C(F)F.C/C(=C/C=C/C(C)=C/C(=O)O)c1cc(C(C)C)cc(C(C)C)c1OCCCF.C/C(=C/C=C/C(C)=C/C(=O)O)c1cc(C(C)C)cc(C(C)C)c1OCCCO. The van der Waals surface area contributed by atoms with Crippen LogP contribution in [0.15, 0.2) is 168 Å². The molecule has 13 nitrogen and oxygen atoms in total. The minimum Gasteiger partial charge on any atom is -0.493 e. The summed E-state index contributed by atoms with van der Waals surface area (Å²) in [6.07, 6.45) is 18.8. The number of alkyl halides is 9. The first-order chi connectivity index (χ1) is 55.4. The molecule has 4 aromatic carbocycles. The lowest BCUT2D eigenvalue weighted by Gasteiger charge is -2.30. The number of halogens is 9. The summed E-state index contributed by atoms with van der Waals surface area (Å²) in [5.74, 6) is -9.20. The van der Waals surface area contributed by atoms with Crippen molar-refractivity contribution in [2.45, 2.75) is 264 Å². The van der Waals surface area contributed by atoms with Crippen molar-refractivity contribution in [3.05, 3.63) is 235 Å². The van der Waals surface area contributed by atoms with Crippen LogP contribution >= 0.6 is 0 Å². The van der Waals surface area contributed by atoms with Crippen molar-refractivity contribution in [3.8, 4) is 23.0 Å². The van der Waals surface area contributed by atoms with Crippen LogP contribution in [0.4, 0.5) is 39.5 Å². The topological polar surface area (TPSA) is 206 Å². The Labute approximate surface area is 707 Å². The summed E-state index contributed by atoms with van der Waals surface area (Å²) in [5, 5.41) is 44.3. The van der Waals surface area contributed by atoms with Crippen molar-refractivity contribution in [1.82, 2.24) is 0 Å². The predicted octanol–water partition coefficient (Wildman–Crippen LogP) is 27.1. The molecule has 0 radical (unpaired) electrons. The van der Waals surface area contributed by atoms with Gasteiger partial charge in [0.25, 0.3) is 0 Å². The molecule has 120 heavy (non-hydrogen) atoms. The molecule has 0 spiro atoms. The quantitative estimate of drug-likeness (QED) is 0.0123. The highest BCUT2D eigenvalue weighted by molar-refractivity contribution is 5.83. The summed E-state index contributed by atoms with van der Waals surface area (Å²) in [6, 6.07) is 16.1. The number of hydrogen-bond acceptors (Lipinski definition) is 9. The third-order valence-corrected chi connectivity index (χ3v) is 18.5. The van der Waals surface area contributed by atoms with E-state index >= 15 is 0 Å². The summed E-state index contributed by atoms with van der Waals surface area (Å²) in [4.78, 5) is 43.0. The summed E-state index contributed by atoms with van der Waals surface area (Å²) >= 11 is 0. The number of rotatable bonds is 38. The number of ether oxygens (including phenoxy) is 4. The molecule has 0 aliphatic heterocycles. The predicted molar refractivity (Wildman–Crippen MR) is 471 cm³/mol. The van der Waals surface area contributed by atoms with Gasteiger partial charge in [-0.05, 0) is 210 Å². The van der Waals surface area contributed by atoms with Crippen molar-refractivity contribution < 1.29 is 103 Å². The van der Waals surface area contributed by atoms with Crippen LogP contribution in [0.25, 0.3) is 22.3 Å². The molecule has 0 aliphatic carbocycles. The molecule has 22 heteroatoms.